The minimum atomic E-state index is -4.56. The summed E-state index contributed by atoms with van der Waals surface area (Å²) in [5.74, 6) is -0.471. The monoisotopic (exact) mass is 308 g/mol. The normalized spacial score (nSPS) is 11.4. The second kappa shape index (κ2) is 7.50. The van der Waals surface area contributed by atoms with Crippen molar-refractivity contribution in [2.75, 3.05) is 18.4 Å². The number of benzene rings is 1. The van der Waals surface area contributed by atoms with Gasteiger partial charge in [0.25, 0.3) is 0 Å². The molecule has 7 heteroatoms. The van der Waals surface area contributed by atoms with Gasteiger partial charge in [0.15, 0.2) is 0 Å². The van der Waals surface area contributed by atoms with Crippen LogP contribution in [0, 0.1) is 0 Å². The van der Waals surface area contributed by atoms with Crippen LogP contribution in [0.25, 0.3) is 0 Å². The highest BCUT2D eigenvalue weighted by Crippen LogP contribution is 2.36. The van der Waals surface area contributed by atoms with E-state index in [0.29, 0.717) is 6.54 Å². The Morgan fingerprint density at radius 3 is 2.60 bits per heavy atom. The maximum absolute atomic E-state index is 12.8. The van der Waals surface area contributed by atoms with Gasteiger partial charge in [-0.25, -0.2) is 0 Å². The molecular formula is C13H16ClF3N2O. The maximum Gasteiger partial charge on any atom is 0.418 e. The molecule has 0 radical (unpaired) electrons. The van der Waals surface area contributed by atoms with Crippen LogP contribution in [-0.2, 0) is 11.0 Å². The summed E-state index contributed by atoms with van der Waals surface area (Å²) in [7, 11) is 0. The first-order chi connectivity index (χ1) is 9.34. The standard InChI is InChI=1S/C13H16ClF3N2O/c1-2-6-18-7-5-12(20)19-11-4-3-9(14)8-10(11)13(15,16)17/h3-4,8,18H,2,5-7H2,1H3,(H,19,20). The largest absolute Gasteiger partial charge is 0.418 e. The number of halogens is 4. The first-order valence-corrected chi connectivity index (χ1v) is 6.59. The van der Waals surface area contributed by atoms with Gasteiger partial charge < -0.3 is 10.6 Å². The Hall–Kier alpha value is -1.27. The number of amides is 1. The van der Waals surface area contributed by atoms with Crippen molar-refractivity contribution in [2.45, 2.75) is 25.9 Å². The number of hydrogen-bond donors (Lipinski definition) is 2. The molecule has 0 aromatic heterocycles. The Labute approximate surface area is 120 Å². The molecule has 0 saturated carbocycles. The predicted molar refractivity (Wildman–Crippen MR) is 72.9 cm³/mol. The quantitative estimate of drug-likeness (QED) is 0.787. The van der Waals surface area contributed by atoms with Gasteiger partial charge in [-0.2, -0.15) is 13.2 Å². The van der Waals surface area contributed by atoms with Gasteiger partial charge in [-0.3, -0.25) is 4.79 Å². The first-order valence-electron chi connectivity index (χ1n) is 6.22. The number of nitrogens with one attached hydrogen (secondary N) is 2. The first kappa shape index (κ1) is 16.8. The predicted octanol–water partition coefficient (Wildman–Crippen LogP) is 3.69. The molecule has 3 nitrogen and oxygen atoms in total. The minimum absolute atomic E-state index is 0.0278. The zero-order chi connectivity index (χ0) is 15.2. The summed E-state index contributed by atoms with van der Waals surface area (Å²) in [6.45, 7) is 3.17. The van der Waals surface area contributed by atoms with E-state index in [0.717, 1.165) is 25.1 Å². The molecule has 0 heterocycles. The molecule has 0 bridgehead atoms. The van der Waals surface area contributed by atoms with E-state index < -0.39 is 17.6 Å². The molecule has 0 aliphatic heterocycles. The number of alkyl halides is 3. The Balaban J connectivity index is 2.70. The fourth-order valence-corrected chi connectivity index (χ4v) is 1.75. The van der Waals surface area contributed by atoms with Crippen molar-refractivity contribution in [1.29, 1.82) is 0 Å². The molecule has 0 atom stereocenters. The second-order valence-electron chi connectivity index (χ2n) is 4.24. The fraction of sp³-hybridized carbons (Fsp3) is 0.462. The third kappa shape index (κ3) is 5.38. The summed E-state index contributed by atoms with van der Waals surface area (Å²) < 4.78 is 38.4. The number of hydrogen-bond acceptors (Lipinski definition) is 2. The van der Waals surface area contributed by atoms with Crippen LogP contribution in [-0.4, -0.2) is 19.0 Å². The molecule has 0 fully saturated rings. The maximum atomic E-state index is 12.8. The van der Waals surface area contributed by atoms with E-state index in [4.69, 9.17) is 11.6 Å². The molecule has 0 aliphatic rings. The van der Waals surface area contributed by atoms with Gasteiger partial charge >= 0.3 is 6.18 Å². The highest BCUT2D eigenvalue weighted by atomic mass is 35.5. The zero-order valence-corrected chi connectivity index (χ0v) is 11.7. The molecule has 1 aromatic carbocycles. The number of anilines is 1. The highest BCUT2D eigenvalue weighted by Gasteiger charge is 2.34. The summed E-state index contributed by atoms with van der Waals surface area (Å²) in [6.07, 6.45) is -3.52. The van der Waals surface area contributed by atoms with Crippen molar-refractivity contribution in [2.24, 2.45) is 0 Å². The molecule has 0 spiro atoms. The lowest BCUT2D eigenvalue weighted by Gasteiger charge is -2.14. The van der Waals surface area contributed by atoms with E-state index >= 15 is 0 Å². The summed E-state index contributed by atoms with van der Waals surface area (Å²) in [4.78, 5) is 11.6. The average molecular weight is 309 g/mol. The summed E-state index contributed by atoms with van der Waals surface area (Å²) >= 11 is 5.56. The van der Waals surface area contributed by atoms with E-state index in [1.807, 2.05) is 6.92 Å². The molecule has 1 rings (SSSR count). The second-order valence-corrected chi connectivity index (χ2v) is 4.67. The van der Waals surface area contributed by atoms with Crippen LogP contribution in [0.1, 0.15) is 25.3 Å². The van der Waals surface area contributed by atoms with Crippen molar-refractivity contribution in [3.05, 3.63) is 28.8 Å². The topological polar surface area (TPSA) is 41.1 Å². The van der Waals surface area contributed by atoms with E-state index in [9.17, 15) is 18.0 Å². The molecule has 2 N–H and O–H groups in total. The van der Waals surface area contributed by atoms with Gasteiger partial charge in [0.1, 0.15) is 0 Å². The van der Waals surface area contributed by atoms with Crippen LogP contribution in [0.4, 0.5) is 18.9 Å². The van der Waals surface area contributed by atoms with Crippen LogP contribution >= 0.6 is 11.6 Å². The Morgan fingerprint density at radius 1 is 1.30 bits per heavy atom. The van der Waals surface area contributed by atoms with Crippen LogP contribution in [0.15, 0.2) is 18.2 Å². The molecule has 112 valence electrons. The van der Waals surface area contributed by atoms with Crippen molar-refractivity contribution >= 4 is 23.2 Å². The van der Waals surface area contributed by atoms with E-state index in [1.165, 1.54) is 6.07 Å². The lowest BCUT2D eigenvalue weighted by atomic mass is 10.1. The van der Waals surface area contributed by atoms with Crippen LogP contribution < -0.4 is 10.6 Å². The number of rotatable bonds is 6. The SMILES string of the molecule is CCCNCCC(=O)Nc1ccc(Cl)cc1C(F)(F)F. The molecule has 0 unspecified atom stereocenters. The van der Waals surface area contributed by atoms with E-state index in [1.54, 1.807) is 0 Å². The van der Waals surface area contributed by atoms with Gasteiger partial charge in [0, 0.05) is 18.0 Å². The Morgan fingerprint density at radius 2 is 2.00 bits per heavy atom. The number of carbonyl (C=O) groups excluding carboxylic acids is 1. The lowest BCUT2D eigenvalue weighted by molar-refractivity contribution is -0.137. The van der Waals surface area contributed by atoms with Gasteiger partial charge in [-0.05, 0) is 31.2 Å². The van der Waals surface area contributed by atoms with Crippen molar-refractivity contribution in [3.8, 4) is 0 Å². The van der Waals surface area contributed by atoms with Crippen molar-refractivity contribution < 1.29 is 18.0 Å². The van der Waals surface area contributed by atoms with Crippen molar-refractivity contribution in [1.82, 2.24) is 5.32 Å². The van der Waals surface area contributed by atoms with Crippen molar-refractivity contribution in [3.63, 3.8) is 0 Å². The average Bonchev–Trinajstić information content (AvgIpc) is 2.35. The Bertz CT molecular complexity index is 463. The number of carbonyl (C=O) groups is 1. The smallest absolute Gasteiger partial charge is 0.325 e. The molecular weight excluding hydrogens is 293 g/mol. The van der Waals surface area contributed by atoms with Crippen LogP contribution in [0.3, 0.4) is 0 Å². The van der Waals surface area contributed by atoms with Crippen LogP contribution in [0.2, 0.25) is 5.02 Å². The Kier molecular flexibility index (Phi) is 6.29. The van der Waals surface area contributed by atoms with Gasteiger partial charge in [-0.15, -0.1) is 0 Å². The summed E-state index contributed by atoms with van der Waals surface area (Å²) in [6, 6.07) is 3.26. The molecule has 0 saturated heterocycles. The van der Waals surface area contributed by atoms with E-state index in [2.05, 4.69) is 10.6 Å². The zero-order valence-electron chi connectivity index (χ0n) is 11.0. The lowest BCUT2D eigenvalue weighted by Crippen LogP contribution is -2.23. The third-order valence-corrected chi connectivity index (χ3v) is 2.75. The minimum Gasteiger partial charge on any atom is -0.325 e. The third-order valence-electron chi connectivity index (χ3n) is 2.52. The molecule has 1 amide bonds. The molecule has 20 heavy (non-hydrogen) atoms. The highest BCUT2D eigenvalue weighted by molar-refractivity contribution is 6.30. The fourth-order valence-electron chi connectivity index (χ4n) is 1.58. The van der Waals surface area contributed by atoms with Crippen LogP contribution in [0.5, 0.6) is 0 Å². The summed E-state index contributed by atoms with van der Waals surface area (Å²) in [5.41, 5.74) is -1.22. The molecule has 1 aromatic rings. The van der Waals surface area contributed by atoms with Gasteiger partial charge in [0.05, 0.1) is 11.3 Å². The van der Waals surface area contributed by atoms with Gasteiger partial charge in [0.2, 0.25) is 5.91 Å². The van der Waals surface area contributed by atoms with Gasteiger partial charge in [-0.1, -0.05) is 18.5 Å². The summed E-state index contributed by atoms with van der Waals surface area (Å²) in [5, 5.41) is 5.24. The molecule has 0 aliphatic carbocycles. The van der Waals surface area contributed by atoms with E-state index in [-0.39, 0.29) is 17.1 Å².